The van der Waals surface area contributed by atoms with Crippen molar-refractivity contribution in [3.8, 4) is 0 Å². The lowest BCUT2D eigenvalue weighted by Gasteiger charge is -2.49. The van der Waals surface area contributed by atoms with E-state index in [9.17, 15) is 74.9 Å². The van der Waals surface area contributed by atoms with Crippen molar-refractivity contribution in [1.29, 1.82) is 0 Å². The van der Waals surface area contributed by atoms with Gasteiger partial charge in [0.2, 0.25) is 0 Å². The summed E-state index contributed by atoms with van der Waals surface area (Å²) in [5.41, 5.74) is 0. The van der Waals surface area contributed by atoms with Gasteiger partial charge in [-0.05, 0) is 31.1 Å². The van der Waals surface area contributed by atoms with Crippen LogP contribution in [0.25, 0.3) is 0 Å². The van der Waals surface area contributed by atoms with Crippen LogP contribution >= 0.6 is 7.82 Å². The maximum absolute atomic E-state index is 14.4. The highest BCUT2D eigenvalue weighted by Crippen LogP contribution is 2.49. The zero-order valence-corrected chi connectivity index (χ0v) is 63.7. The highest BCUT2D eigenvalue weighted by atomic mass is 31.2. The second-order valence-corrected chi connectivity index (χ2v) is 31.1. The van der Waals surface area contributed by atoms with Crippen molar-refractivity contribution < 1.29 is 117 Å². The Morgan fingerprint density at radius 3 is 1.07 bits per heavy atom. The summed E-state index contributed by atoms with van der Waals surface area (Å²) in [5.74, 6) is -0.598. The molecule has 1 saturated carbocycles. The second-order valence-electron chi connectivity index (χ2n) is 29.7. The van der Waals surface area contributed by atoms with E-state index in [2.05, 4.69) is 34.6 Å². The topological polar surface area (TPSA) is 374 Å². The molecule has 0 aromatic rings. The molecule has 2 saturated heterocycles. The highest BCUT2D eigenvalue weighted by Gasteiger charge is 2.58. The maximum atomic E-state index is 14.4. The van der Waals surface area contributed by atoms with Crippen LogP contribution in [0.4, 0.5) is 0 Å². The summed E-state index contributed by atoms with van der Waals surface area (Å²) >= 11 is 0. The Labute approximate surface area is 606 Å². The number of aliphatic hydroxyl groups excluding tert-OH is 10. The number of carbonyl (C=O) groups excluding carboxylic acids is 3. The van der Waals surface area contributed by atoms with E-state index in [1.54, 1.807) is 0 Å². The number of unbranched alkanes of at least 4 members (excludes halogenated alkanes) is 33. The van der Waals surface area contributed by atoms with Gasteiger partial charge in [-0.1, -0.05) is 285 Å². The lowest BCUT2D eigenvalue weighted by atomic mass is 9.84. The van der Waals surface area contributed by atoms with Crippen molar-refractivity contribution in [2.24, 2.45) is 11.8 Å². The van der Waals surface area contributed by atoms with E-state index in [-0.39, 0.29) is 19.3 Å². The molecule has 20 unspecified atom stereocenters. The summed E-state index contributed by atoms with van der Waals surface area (Å²) < 4.78 is 65.3. The van der Waals surface area contributed by atoms with Crippen molar-refractivity contribution in [3.63, 3.8) is 0 Å². The Hall–Kier alpha value is -2.04. The Morgan fingerprint density at radius 2 is 0.693 bits per heavy atom. The number of phosphoric acid groups is 1. The van der Waals surface area contributed by atoms with Crippen LogP contribution < -0.4 is 0 Å². The smallest absolute Gasteiger partial charge is 0.463 e. The van der Waals surface area contributed by atoms with E-state index in [1.807, 2.05) is 0 Å². The minimum atomic E-state index is -5.70. The number of esters is 3. The molecular weight excluding hydrogens is 1330 g/mol. The molecule has 20 atom stereocenters. The van der Waals surface area contributed by atoms with Gasteiger partial charge in [0.15, 0.2) is 18.7 Å². The molecule has 0 aromatic heterocycles. The number of carbonyl (C=O) groups is 3. The van der Waals surface area contributed by atoms with Crippen LogP contribution in [-0.4, -0.2) is 204 Å². The fraction of sp³-hybridized carbons (Fsp3) is 0.961. The fourth-order valence-electron chi connectivity index (χ4n) is 13.7. The van der Waals surface area contributed by atoms with Crippen LogP contribution in [0.15, 0.2) is 0 Å². The average Bonchev–Trinajstić information content (AvgIpc) is 0.762. The first-order chi connectivity index (χ1) is 48.6. The number of aliphatic hydroxyl groups is 10. The van der Waals surface area contributed by atoms with Gasteiger partial charge >= 0.3 is 25.7 Å². The molecule has 3 fully saturated rings. The van der Waals surface area contributed by atoms with Gasteiger partial charge < -0.3 is 89.1 Å². The zero-order valence-electron chi connectivity index (χ0n) is 62.8. The molecule has 0 bridgehead atoms. The van der Waals surface area contributed by atoms with Gasteiger partial charge in [0.1, 0.15) is 98.7 Å². The molecule has 101 heavy (non-hydrogen) atoms. The van der Waals surface area contributed by atoms with Gasteiger partial charge in [0.25, 0.3) is 0 Å². The van der Waals surface area contributed by atoms with Crippen molar-refractivity contribution in [1.82, 2.24) is 0 Å². The normalized spacial score (nSPS) is 27.8. The number of ether oxygens (including phenoxy) is 7. The summed E-state index contributed by atoms with van der Waals surface area (Å²) in [7, 11) is -5.70. The summed E-state index contributed by atoms with van der Waals surface area (Å²) in [6.07, 6.45) is 11.6. The van der Waals surface area contributed by atoms with Gasteiger partial charge in [-0.25, -0.2) is 4.57 Å². The third-order valence-electron chi connectivity index (χ3n) is 20.4. The number of hydrogen-bond acceptors (Lipinski definition) is 23. The molecule has 2 aliphatic heterocycles. The number of rotatable bonds is 62. The minimum absolute atomic E-state index is 0.0329. The van der Waals surface area contributed by atoms with Crippen LogP contribution in [-0.2, 0) is 61.2 Å². The summed E-state index contributed by atoms with van der Waals surface area (Å²) in [6, 6.07) is 0. The molecule has 0 spiro atoms. The Balaban J connectivity index is 1.73. The molecule has 3 rings (SSSR count). The van der Waals surface area contributed by atoms with Gasteiger partial charge in [-0.2, -0.15) is 0 Å². The molecule has 3 aliphatic rings. The van der Waals surface area contributed by atoms with Crippen LogP contribution in [0.1, 0.15) is 324 Å². The third kappa shape index (κ3) is 39.6. The summed E-state index contributed by atoms with van der Waals surface area (Å²) in [6.45, 7) is 8.13. The quantitative estimate of drug-likeness (QED) is 0.0117. The number of hydrogen-bond donors (Lipinski definition) is 11. The molecule has 24 nitrogen and oxygen atoms in total. The largest absolute Gasteiger partial charge is 0.472 e. The van der Waals surface area contributed by atoms with E-state index in [0.29, 0.717) is 31.1 Å². The van der Waals surface area contributed by atoms with Crippen LogP contribution in [0.3, 0.4) is 0 Å². The van der Waals surface area contributed by atoms with E-state index in [4.69, 9.17) is 42.2 Å². The third-order valence-corrected chi connectivity index (χ3v) is 21.4. The van der Waals surface area contributed by atoms with Gasteiger partial charge in [0.05, 0.1) is 13.2 Å². The Morgan fingerprint density at radius 1 is 0.376 bits per heavy atom. The van der Waals surface area contributed by atoms with Crippen molar-refractivity contribution in [2.75, 3.05) is 26.4 Å². The highest BCUT2D eigenvalue weighted by molar-refractivity contribution is 7.47. The van der Waals surface area contributed by atoms with Crippen LogP contribution in [0.5, 0.6) is 0 Å². The minimum Gasteiger partial charge on any atom is -0.463 e. The molecule has 1 aliphatic carbocycles. The van der Waals surface area contributed by atoms with E-state index in [1.165, 1.54) is 154 Å². The summed E-state index contributed by atoms with van der Waals surface area (Å²) in [4.78, 5) is 51.2. The molecule has 2 heterocycles. The van der Waals surface area contributed by atoms with Crippen LogP contribution in [0.2, 0.25) is 0 Å². The van der Waals surface area contributed by atoms with Gasteiger partial charge in [0, 0.05) is 19.3 Å². The first kappa shape index (κ1) is 93.2. The van der Waals surface area contributed by atoms with E-state index >= 15 is 0 Å². The average molecular weight is 1470 g/mol. The standard InChI is InChI=1S/C76H143O24P/c1-6-9-12-15-18-19-20-21-22-23-24-25-34-42-49-61(79)93-54-59-64(82)66(84)71(89)76(97-59)99-73-69(87)67(85)68(86)72(98-75-70(88)65(83)63(81)58(51-77)96-75)74(73)100-101(90,91)94-53-57(95-62(80)50-43-36-29-27-33-40-47-56(5)45-38-31-17-14-11-8-3)52-92-60(78)48-41-35-28-26-32-39-46-55(4)44-37-30-16-13-10-7-2/h55-59,63-77,81-89H,6-54H2,1-5H3,(H,90,91). The van der Waals surface area contributed by atoms with Gasteiger partial charge in [-0.15, -0.1) is 0 Å². The van der Waals surface area contributed by atoms with E-state index < -0.39 is 156 Å². The molecule has 11 N–H and O–H groups in total. The first-order valence-corrected chi connectivity index (χ1v) is 41.6. The predicted octanol–water partition coefficient (Wildman–Crippen LogP) is 11.8. The molecule has 0 radical (unpaired) electrons. The SMILES string of the molecule is CCCCCCCCCCCCCCCCC(=O)OCC1OC(OC2C(O)C(O)C(O)C(OC3OC(CO)C(O)C(O)C3O)C2OP(=O)(O)OCC(COC(=O)CCCCCCCCC(C)CCCCCCCC)OC(=O)CCCCCCCCC(C)CCCCCCCC)C(O)C(O)C1O. The lowest BCUT2D eigenvalue weighted by Crippen LogP contribution is -2.69. The summed E-state index contributed by atoms with van der Waals surface area (Å²) in [5, 5.41) is 110. The molecule has 0 aromatic carbocycles. The Bertz CT molecular complexity index is 2120. The molecular formula is C76H143O24P. The molecule has 25 heteroatoms. The monoisotopic (exact) mass is 1470 g/mol. The number of phosphoric ester groups is 1. The predicted molar refractivity (Wildman–Crippen MR) is 384 cm³/mol. The molecule has 596 valence electrons. The van der Waals surface area contributed by atoms with E-state index in [0.717, 1.165) is 96.3 Å². The fourth-order valence-corrected chi connectivity index (χ4v) is 14.7. The lowest BCUT2D eigenvalue weighted by molar-refractivity contribution is -0.360. The van der Waals surface area contributed by atoms with Crippen molar-refractivity contribution in [2.45, 2.75) is 428 Å². The van der Waals surface area contributed by atoms with Crippen molar-refractivity contribution >= 4 is 25.7 Å². The maximum Gasteiger partial charge on any atom is 0.472 e. The molecule has 0 amide bonds. The second kappa shape index (κ2) is 56.2. The van der Waals surface area contributed by atoms with Crippen LogP contribution in [0, 0.1) is 11.8 Å². The van der Waals surface area contributed by atoms with Gasteiger partial charge in [-0.3, -0.25) is 23.4 Å². The van der Waals surface area contributed by atoms with Crippen molar-refractivity contribution in [3.05, 3.63) is 0 Å². The zero-order chi connectivity index (χ0) is 74.2. The Kier molecular flexibility index (Phi) is 51.9. The first-order valence-electron chi connectivity index (χ1n) is 40.1.